The normalized spacial score (nSPS) is 13.4. The number of nitrogens with zero attached hydrogens (tertiary/aromatic N) is 2. The van der Waals surface area contributed by atoms with Gasteiger partial charge >= 0.3 is 0 Å². The second-order valence-corrected chi connectivity index (χ2v) is 4.90. The number of hydrogen-bond acceptors (Lipinski definition) is 4. The predicted molar refractivity (Wildman–Crippen MR) is 83.2 cm³/mol. The van der Waals surface area contributed by atoms with Crippen molar-refractivity contribution in [2.24, 2.45) is 0 Å². The molecule has 0 radical (unpaired) electrons. The fraction of sp³-hybridized carbons (Fsp3) is 0.312. The number of carbonyl (C=O) groups is 1. The topological polar surface area (TPSA) is 79.9 Å². The molecule has 0 aliphatic carbocycles. The van der Waals surface area contributed by atoms with E-state index in [0.717, 1.165) is 5.56 Å². The van der Waals surface area contributed by atoms with E-state index in [4.69, 9.17) is 4.74 Å². The fourth-order valence-electron chi connectivity index (χ4n) is 1.98. The molecule has 1 aromatic heterocycles. The molecular formula is C16H20N4O2. The van der Waals surface area contributed by atoms with Crippen LogP contribution in [0.5, 0.6) is 0 Å². The van der Waals surface area contributed by atoms with Gasteiger partial charge in [0.15, 0.2) is 5.82 Å². The number of rotatable bonds is 7. The van der Waals surface area contributed by atoms with Crippen molar-refractivity contribution in [1.82, 2.24) is 20.5 Å². The lowest BCUT2D eigenvalue weighted by molar-refractivity contribution is -0.131. The van der Waals surface area contributed by atoms with Crippen LogP contribution in [0.15, 0.2) is 43.0 Å². The molecule has 0 aliphatic heterocycles. The highest BCUT2D eigenvalue weighted by Crippen LogP contribution is 2.19. The van der Waals surface area contributed by atoms with Crippen molar-refractivity contribution in [2.75, 3.05) is 6.61 Å². The third kappa shape index (κ3) is 4.02. The number of ether oxygens (including phenoxy) is 1. The van der Waals surface area contributed by atoms with Crippen molar-refractivity contribution in [1.29, 1.82) is 0 Å². The van der Waals surface area contributed by atoms with Crippen molar-refractivity contribution in [3.8, 4) is 0 Å². The van der Waals surface area contributed by atoms with E-state index in [2.05, 4.69) is 27.1 Å². The van der Waals surface area contributed by atoms with Gasteiger partial charge in [0.2, 0.25) is 5.91 Å². The lowest BCUT2D eigenvalue weighted by Crippen LogP contribution is -2.38. The Bertz CT molecular complexity index is 624. The van der Waals surface area contributed by atoms with E-state index in [1.165, 1.54) is 0 Å². The van der Waals surface area contributed by atoms with Gasteiger partial charge in [-0.1, -0.05) is 36.4 Å². The summed E-state index contributed by atoms with van der Waals surface area (Å²) in [6.45, 7) is 7.41. The van der Waals surface area contributed by atoms with Crippen molar-refractivity contribution >= 4 is 5.91 Å². The molecule has 0 aliphatic rings. The Balaban J connectivity index is 2.19. The minimum absolute atomic E-state index is 0.224. The van der Waals surface area contributed by atoms with E-state index in [9.17, 15) is 4.79 Å². The number of aromatic amines is 1. The van der Waals surface area contributed by atoms with Gasteiger partial charge in [-0.25, -0.2) is 4.98 Å². The molecule has 6 heteroatoms. The third-order valence-electron chi connectivity index (χ3n) is 3.13. The summed E-state index contributed by atoms with van der Waals surface area (Å²) in [7, 11) is 0. The highest BCUT2D eigenvalue weighted by Gasteiger charge is 2.23. The zero-order valence-corrected chi connectivity index (χ0v) is 12.7. The monoisotopic (exact) mass is 300 g/mol. The lowest BCUT2D eigenvalue weighted by Gasteiger charge is -2.19. The fourth-order valence-corrected chi connectivity index (χ4v) is 1.98. The average Bonchev–Trinajstić information content (AvgIpc) is 2.97. The highest BCUT2D eigenvalue weighted by atomic mass is 16.5. The van der Waals surface area contributed by atoms with E-state index < -0.39 is 12.1 Å². The predicted octanol–water partition coefficient (Wildman–Crippen LogP) is 1.91. The summed E-state index contributed by atoms with van der Waals surface area (Å²) in [5.41, 5.74) is 0.908. The molecular weight excluding hydrogens is 280 g/mol. The molecule has 1 amide bonds. The van der Waals surface area contributed by atoms with Crippen LogP contribution in [0.25, 0.3) is 0 Å². The third-order valence-corrected chi connectivity index (χ3v) is 3.13. The average molecular weight is 300 g/mol. The Morgan fingerprint density at radius 2 is 2.18 bits per heavy atom. The summed E-state index contributed by atoms with van der Waals surface area (Å²) in [4.78, 5) is 16.6. The Labute approximate surface area is 129 Å². The van der Waals surface area contributed by atoms with Crippen LogP contribution in [0.4, 0.5) is 0 Å². The second-order valence-electron chi connectivity index (χ2n) is 4.90. The molecule has 0 unspecified atom stereocenters. The number of benzene rings is 1. The summed E-state index contributed by atoms with van der Waals surface area (Å²) in [6, 6.07) is 9.16. The maximum Gasteiger partial charge on any atom is 0.249 e. The van der Waals surface area contributed by atoms with Gasteiger partial charge in [0.05, 0.1) is 6.61 Å². The number of aryl methyl sites for hydroxylation is 1. The minimum atomic E-state index is -0.579. The molecule has 0 fully saturated rings. The van der Waals surface area contributed by atoms with Crippen LogP contribution in [0.1, 0.15) is 30.2 Å². The first kappa shape index (κ1) is 15.9. The van der Waals surface area contributed by atoms with Gasteiger partial charge in [0.25, 0.3) is 0 Å². The molecule has 6 nitrogen and oxygen atoms in total. The largest absolute Gasteiger partial charge is 0.365 e. The molecule has 116 valence electrons. The maximum absolute atomic E-state index is 12.3. The molecule has 0 saturated carbocycles. The summed E-state index contributed by atoms with van der Waals surface area (Å²) in [5, 5.41) is 9.89. The van der Waals surface area contributed by atoms with Gasteiger partial charge in [-0.15, -0.1) is 6.58 Å². The molecule has 0 bridgehead atoms. The first-order valence-electron chi connectivity index (χ1n) is 7.08. The number of carbonyl (C=O) groups excluding carboxylic acids is 1. The van der Waals surface area contributed by atoms with Crippen LogP contribution < -0.4 is 5.32 Å². The van der Waals surface area contributed by atoms with Crippen molar-refractivity contribution in [3.63, 3.8) is 0 Å². The van der Waals surface area contributed by atoms with Crippen molar-refractivity contribution in [3.05, 3.63) is 60.2 Å². The SMILES string of the molecule is C=CCO[C@@H](C)C(=O)N[C@H](c1ccccc1)c1n[nH]c(C)n1. The summed E-state index contributed by atoms with van der Waals surface area (Å²) < 4.78 is 5.35. The van der Waals surface area contributed by atoms with Crippen molar-refractivity contribution in [2.45, 2.75) is 26.0 Å². The Morgan fingerprint density at radius 1 is 1.45 bits per heavy atom. The maximum atomic E-state index is 12.3. The van der Waals surface area contributed by atoms with Crippen LogP contribution in [0, 0.1) is 6.92 Å². The van der Waals surface area contributed by atoms with Crippen molar-refractivity contribution < 1.29 is 9.53 Å². The van der Waals surface area contributed by atoms with Gasteiger partial charge in [-0.05, 0) is 19.4 Å². The van der Waals surface area contributed by atoms with Crippen LogP contribution in [-0.2, 0) is 9.53 Å². The zero-order valence-electron chi connectivity index (χ0n) is 12.7. The standard InChI is InChI=1S/C16H20N4O2/c1-4-10-22-11(2)16(21)18-14(13-8-6-5-7-9-13)15-17-12(3)19-20-15/h4-9,11,14H,1,10H2,2-3H3,(H,18,21)(H,17,19,20)/t11-,14+/m0/s1. The van der Waals surface area contributed by atoms with E-state index in [-0.39, 0.29) is 5.91 Å². The molecule has 0 saturated heterocycles. The van der Waals surface area contributed by atoms with Gasteiger partial charge < -0.3 is 10.1 Å². The Morgan fingerprint density at radius 3 is 2.77 bits per heavy atom. The van der Waals surface area contributed by atoms with E-state index in [1.54, 1.807) is 13.0 Å². The molecule has 2 rings (SSSR count). The van der Waals surface area contributed by atoms with Gasteiger partial charge in [-0.2, -0.15) is 5.10 Å². The Hall–Kier alpha value is -2.47. The zero-order chi connectivity index (χ0) is 15.9. The minimum Gasteiger partial charge on any atom is -0.365 e. The van der Waals surface area contributed by atoms with Crippen LogP contribution in [0.2, 0.25) is 0 Å². The smallest absolute Gasteiger partial charge is 0.249 e. The second kappa shape index (κ2) is 7.51. The van der Waals surface area contributed by atoms with Gasteiger partial charge in [-0.3, -0.25) is 9.89 Å². The van der Waals surface area contributed by atoms with Crippen LogP contribution in [0.3, 0.4) is 0 Å². The Kier molecular flexibility index (Phi) is 5.43. The van der Waals surface area contributed by atoms with Crippen LogP contribution >= 0.6 is 0 Å². The first-order valence-corrected chi connectivity index (χ1v) is 7.08. The molecule has 22 heavy (non-hydrogen) atoms. The highest BCUT2D eigenvalue weighted by molar-refractivity contribution is 5.81. The van der Waals surface area contributed by atoms with E-state index in [1.807, 2.05) is 37.3 Å². The number of H-pyrrole nitrogens is 1. The molecule has 1 aromatic carbocycles. The quantitative estimate of drug-likeness (QED) is 0.766. The van der Waals surface area contributed by atoms with Gasteiger partial charge in [0.1, 0.15) is 18.0 Å². The molecule has 2 aromatic rings. The molecule has 0 spiro atoms. The number of hydrogen-bond donors (Lipinski definition) is 2. The number of aromatic nitrogens is 3. The molecule has 2 atom stereocenters. The number of nitrogens with one attached hydrogen (secondary N) is 2. The first-order chi connectivity index (χ1) is 10.6. The van der Waals surface area contributed by atoms with E-state index >= 15 is 0 Å². The van der Waals surface area contributed by atoms with Gasteiger partial charge in [0, 0.05) is 0 Å². The summed E-state index contributed by atoms with van der Waals surface area (Å²) in [6.07, 6.45) is 1.03. The molecule has 2 N–H and O–H groups in total. The number of amides is 1. The lowest BCUT2D eigenvalue weighted by atomic mass is 10.1. The molecule has 1 heterocycles. The van der Waals surface area contributed by atoms with E-state index in [0.29, 0.717) is 18.3 Å². The van der Waals surface area contributed by atoms with Crippen LogP contribution in [-0.4, -0.2) is 33.8 Å². The summed E-state index contributed by atoms with van der Waals surface area (Å²) >= 11 is 0. The summed E-state index contributed by atoms with van der Waals surface area (Å²) in [5.74, 6) is 0.993.